The summed E-state index contributed by atoms with van der Waals surface area (Å²) in [5.41, 5.74) is 1.18. The number of aryl methyl sites for hydroxylation is 1. The molecule has 1 saturated heterocycles. The van der Waals surface area contributed by atoms with E-state index in [9.17, 15) is 0 Å². The molecule has 2 unspecified atom stereocenters. The van der Waals surface area contributed by atoms with Crippen molar-refractivity contribution in [2.24, 2.45) is 5.92 Å². The van der Waals surface area contributed by atoms with Crippen LogP contribution in [0.25, 0.3) is 0 Å². The summed E-state index contributed by atoms with van der Waals surface area (Å²) >= 11 is 6.24. The average Bonchev–Trinajstić information content (AvgIpc) is 3.25. The van der Waals surface area contributed by atoms with Crippen LogP contribution in [-0.4, -0.2) is 18.8 Å². The van der Waals surface area contributed by atoms with Crippen LogP contribution in [-0.2, 0) is 4.74 Å². The van der Waals surface area contributed by atoms with Gasteiger partial charge in [-0.15, -0.1) is 0 Å². The van der Waals surface area contributed by atoms with Crippen molar-refractivity contribution < 1.29 is 9.47 Å². The summed E-state index contributed by atoms with van der Waals surface area (Å²) in [5.74, 6) is 1.44. The molecule has 2 atom stereocenters. The fraction of sp³-hybridized carbons (Fsp3) is 0.625. The summed E-state index contributed by atoms with van der Waals surface area (Å²) in [6.07, 6.45) is 6.97. The second-order valence-electron chi connectivity index (χ2n) is 5.79. The van der Waals surface area contributed by atoms with Crippen molar-refractivity contribution in [2.45, 2.75) is 51.2 Å². The maximum Gasteiger partial charge on any atom is 0.138 e. The molecule has 2 fully saturated rings. The Kier molecular flexibility index (Phi) is 3.99. The lowest BCUT2D eigenvalue weighted by Gasteiger charge is -2.30. The van der Waals surface area contributed by atoms with Crippen LogP contribution >= 0.6 is 11.6 Å². The Morgan fingerprint density at radius 3 is 2.68 bits per heavy atom. The monoisotopic (exact) mass is 280 g/mol. The van der Waals surface area contributed by atoms with E-state index in [1.165, 1.54) is 37.7 Å². The number of hydrogen-bond donors (Lipinski definition) is 0. The van der Waals surface area contributed by atoms with E-state index in [1.807, 2.05) is 18.2 Å². The lowest BCUT2D eigenvalue weighted by atomic mass is 9.84. The molecule has 104 valence electrons. The Morgan fingerprint density at radius 2 is 2.00 bits per heavy atom. The van der Waals surface area contributed by atoms with Gasteiger partial charge in [0.1, 0.15) is 18.0 Å². The van der Waals surface area contributed by atoms with Crippen LogP contribution < -0.4 is 4.74 Å². The molecule has 0 amide bonds. The van der Waals surface area contributed by atoms with Crippen molar-refractivity contribution >= 4 is 11.6 Å². The number of epoxide rings is 1. The molecule has 2 nitrogen and oxygen atoms in total. The smallest absolute Gasteiger partial charge is 0.138 e. The molecule has 0 radical (unpaired) electrons. The largest absolute Gasteiger partial charge is 0.486 e. The molecule has 0 N–H and O–H groups in total. The maximum absolute atomic E-state index is 6.24. The molecule has 1 aliphatic heterocycles. The van der Waals surface area contributed by atoms with Gasteiger partial charge < -0.3 is 9.47 Å². The summed E-state index contributed by atoms with van der Waals surface area (Å²) < 4.78 is 11.7. The van der Waals surface area contributed by atoms with E-state index in [2.05, 4.69) is 6.92 Å². The van der Waals surface area contributed by atoms with Crippen LogP contribution in [0.3, 0.4) is 0 Å². The number of rotatable bonds is 4. The van der Waals surface area contributed by atoms with Gasteiger partial charge in [-0.05, 0) is 43.4 Å². The molecular weight excluding hydrogens is 260 g/mol. The third-order valence-electron chi connectivity index (χ3n) is 4.19. The highest BCUT2D eigenvalue weighted by atomic mass is 35.5. The van der Waals surface area contributed by atoms with Crippen LogP contribution in [0.15, 0.2) is 18.2 Å². The lowest BCUT2D eigenvalue weighted by Crippen LogP contribution is -2.34. The zero-order valence-electron chi connectivity index (χ0n) is 11.4. The standard InChI is InChI=1S/C16H21ClO2/c1-11-7-8-13(17)14(9-11)19-16(15-10-18-15)12-5-3-2-4-6-12/h7-9,12,15-16H,2-6,10H2,1H3. The van der Waals surface area contributed by atoms with E-state index < -0.39 is 0 Å². The molecule has 1 aromatic carbocycles. The van der Waals surface area contributed by atoms with Crippen LogP contribution in [0.5, 0.6) is 5.75 Å². The van der Waals surface area contributed by atoms with Gasteiger partial charge in [0.25, 0.3) is 0 Å². The van der Waals surface area contributed by atoms with Gasteiger partial charge in [-0.3, -0.25) is 0 Å². The van der Waals surface area contributed by atoms with E-state index in [4.69, 9.17) is 21.1 Å². The van der Waals surface area contributed by atoms with E-state index in [1.54, 1.807) is 0 Å². The third-order valence-corrected chi connectivity index (χ3v) is 4.50. The number of benzene rings is 1. The quantitative estimate of drug-likeness (QED) is 0.764. The highest BCUT2D eigenvalue weighted by molar-refractivity contribution is 6.32. The molecule has 3 heteroatoms. The Hall–Kier alpha value is -0.730. The molecule has 1 aromatic rings. The summed E-state index contributed by atoms with van der Waals surface area (Å²) in [5, 5.41) is 0.701. The summed E-state index contributed by atoms with van der Waals surface area (Å²) in [6.45, 7) is 2.90. The predicted molar refractivity (Wildman–Crippen MR) is 76.9 cm³/mol. The summed E-state index contributed by atoms with van der Waals surface area (Å²) in [6, 6.07) is 5.96. The zero-order valence-corrected chi connectivity index (χ0v) is 12.2. The topological polar surface area (TPSA) is 21.8 Å². The van der Waals surface area contributed by atoms with Crippen molar-refractivity contribution in [2.75, 3.05) is 6.61 Å². The Labute approximate surface area is 120 Å². The minimum absolute atomic E-state index is 0.180. The molecule has 0 bridgehead atoms. The first-order chi connectivity index (χ1) is 9.24. The first-order valence-corrected chi connectivity index (χ1v) is 7.66. The van der Waals surface area contributed by atoms with Crippen molar-refractivity contribution in [3.8, 4) is 5.75 Å². The van der Waals surface area contributed by atoms with Crippen molar-refractivity contribution in [1.29, 1.82) is 0 Å². The first-order valence-electron chi connectivity index (χ1n) is 7.28. The van der Waals surface area contributed by atoms with Gasteiger partial charge in [-0.2, -0.15) is 0 Å². The van der Waals surface area contributed by atoms with Gasteiger partial charge in [-0.25, -0.2) is 0 Å². The minimum atomic E-state index is 0.180. The average molecular weight is 281 g/mol. The van der Waals surface area contributed by atoms with Crippen molar-refractivity contribution in [3.63, 3.8) is 0 Å². The number of halogens is 1. The van der Waals surface area contributed by atoms with Gasteiger partial charge in [0.05, 0.1) is 11.6 Å². The second kappa shape index (κ2) is 5.72. The minimum Gasteiger partial charge on any atom is -0.486 e. The zero-order chi connectivity index (χ0) is 13.2. The van der Waals surface area contributed by atoms with E-state index in [-0.39, 0.29) is 12.2 Å². The van der Waals surface area contributed by atoms with Crippen molar-refractivity contribution in [1.82, 2.24) is 0 Å². The Balaban J connectivity index is 1.75. The highest BCUT2D eigenvalue weighted by Gasteiger charge is 2.40. The molecule has 1 saturated carbocycles. The molecule has 0 aromatic heterocycles. The van der Waals surface area contributed by atoms with Crippen molar-refractivity contribution in [3.05, 3.63) is 28.8 Å². The van der Waals surface area contributed by atoms with E-state index in [0.717, 1.165) is 12.4 Å². The van der Waals surface area contributed by atoms with E-state index >= 15 is 0 Å². The van der Waals surface area contributed by atoms with Gasteiger partial charge in [-0.1, -0.05) is 36.9 Å². The van der Waals surface area contributed by atoms with Gasteiger partial charge in [0.15, 0.2) is 0 Å². The lowest BCUT2D eigenvalue weighted by molar-refractivity contribution is 0.0797. The molecule has 1 aliphatic carbocycles. The molecule has 2 aliphatic rings. The van der Waals surface area contributed by atoms with Crippen LogP contribution in [0.2, 0.25) is 5.02 Å². The van der Waals surface area contributed by atoms with Gasteiger partial charge in [0.2, 0.25) is 0 Å². The number of ether oxygens (including phenoxy) is 2. The summed E-state index contributed by atoms with van der Waals surface area (Å²) in [4.78, 5) is 0. The van der Waals surface area contributed by atoms with Crippen LogP contribution in [0.4, 0.5) is 0 Å². The Morgan fingerprint density at radius 1 is 1.26 bits per heavy atom. The van der Waals surface area contributed by atoms with Gasteiger partial charge >= 0.3 is 0 Å². The maximum atomic E-state index is 6.24. The number of hydrogen-bond acceptors (Lipinski definition) is 2. The Bertz CT molecular complexity index is 436. The summed E-state index contributed by atoms with van der Waals surface area (Å²) in [7, 11) is 0. The van der Waals surface area contributed by atoms with Gasteiger partial charge in [0, 0.05) is 0 Å². The molecule has 0 spiro atoms. The highest BCUT2D eigenvalue weighted by Crippen LogP contribution is 2.36. The fourth-order valence-corrected chi connectivity index (χ4v) is 3.19. The van der Waals surface area contributed by atoms with Crippen LogP contribution in [0, 0.1) is 12.8 Å². The normalized spacial score (nSPS) is 25.1. The SMILES string of the molecule is Cc1ccc(Cl)c(OC(C2CCCCC2)C2CO2)c1. The predicted octanol–water partition coefficient (Wildman–Crippen LogP) is 4.37. The molecular formula is C16H21ClO2. The van der Waals surface area contributed by atoms with Crippen LogP contribution in [0.1, 0.15) is 37.7 Å². The van der Waals surface area contributed by atoms with E-state index in [0.29, 0.717) is 10.9 Å². The second-order valence-corrected chi connectivity index (χ2v) is 6.19. The molecule has 1 heterocycles. The first kappa shape index (κ1) is 13.3. The third kappa shape index (κ3) is 3.24. The molecule has 19 heavy (non-hydrogen) atoms. The molecule has 3 rings (SSSR count). The fourth-order valence-electron chi connectivity index (χ4n) is 3.03.